The number of hydrogen-bond acceptors (Lipinski definition) is 4. The van der Waals surface area contributed by atoms with Gasteiger partial charge in [0.05, 0.1) is 16.1 Å². The molecule has 3 rings (SSSR count). The van der Waals surface area contributed by atoms with Gasteiger partial charge in [-0.25, -0.2) is 8.42 Å². The molecule has 1 amide bonds. The summed E-state index contributed by atoms with van der Waals surface area (Å²) in [4.78, 5) is 12.9. The van der Waals surface area contributed by atoms with Crippen LogP contribution in [0.3, 0.4) is 0 Å². The summed E-state index contributed by atoms with van der Waals surface area (Å²) in [5.41, 5.74) is 3.80. The van der Waals surface area contributed by atoms with Crippen molar-refractivity contribution >= 4 is 27.3 Å². The van der Waals surface area contributed by atoms with Crippen LogP contribution in [0.15, 0.2) is 53.4 Å². The molecule has 1 heterocycles. The van der Waals surface area contributed by atoms with Crippen molar-refractivity contribution in [3.05, 3.63) is 71.0 Å². The number of hydrogen-bond donors (Lipinski definition) is 2. The summed E-state index contributed by atoms with van der Waals surface area (Å²) in [7, 11) is -3.76. The van der Waals surface area contributed by atoms with Gasteiger partial charge in [-0.15, -0.1) is 0 Å². The normalized spacial score (nSPS) is 12.1. The Kier molecular flexibility index (Phi) is 6.70. The molecule has 2 N–H and O–H groups in total. The van der Waals surface area contributed by atoms with E-state index in [0.717, 1.165) is 16.8 Å². The second-order valence-corrected chi connectivity index (χ2v) is 11.2. The molecule has 176 valence electrons. The van der Waals surface area contributed by atoms with Crippen molar-refractivity contribution in [2.24, 2.45) is 0 Å². The number of nitrogens with zero attached hydrogens (tertiary/aromatic N) is 2. The molecule has 0 fully saturated rings. The number of anilines is 2. The number of rotatable bonds is 6. The number of sulfonamides is 1. The van der Waals surface area contributed by atoms with Crippen LogP contribution in [0.2, 0.25) is 0 Å². The van der Waals surface area contributed by atoms with Crippen molar-refractivity contribution < 1.29 is 13.2 Å². The smallest absolute Gasteiger partial charge is 0.276 e. The Labute approximate surface area is 196 Å². The predicted molar refractivity (Wildman–Crippen MR) is 132 cm³/mol. The van der Waals surface area contributed by atoms with Crippen LogP contribution in [0, 0.1) is 13.8 Å². The van der Waals surface area contributed by atoms with Crippen LogP contribution in [0.4, 0.5) is 11.4 Å². The third-order valence-electron chi connectivity index (χ3n) is 5.34. The van der Waals surface area contributed by atoms with Crippen molar-refractivity contribution in [2.45, 2.75) is 64.8 Å². The average Bonchev–Trinajstić information content (AvgIpc) is 3.18. The number of aryl methyl sites for hydroxylation is 2. The summed E-state index contributed by atoms with van der Waals surface area (Å²) in [5, 5.41) is 7.32. The average molecular weight is 469 g/mol. The Bertz CT molecular complexity index is 1250. The highest BCUT2D eigenvalue weighted by Crippen LogP contribution is 2.26. The molecule has 8 heteroatoms. The van der Waals surface area contributed by atoms with Gasteiger partial charge < -0.3 is 5.32 Å². The summed E-state index contributed by atoms with van der Waals surface area (Å²) < 4.78 is 30.2. The van der Waals surface area contributed by atoms with E-state index in [-0.39, 0.29) is 22.3 Å². The fourth-order valence-corrected chi connectivity index (χ4v) is 4.74. The number of para-hydroxylation sites is 1. The molecule has 0 aliphatic heterocycles. The monoisotopic (exact) mass is 468 g/mol. The van der Waals surface area contributed by atoms with E-state index in [1.54, 1.807) is 18.2 Å². The van der Waals surface area contributed by atoms with Crippen LogP contribution < -0.4 is 10.0 Å². The Morgan fingerprint density at radius 1 is 1.00 bits per heavy atom. The van der Waals surface area contributed by atoms with Gasteiger partial charge in [0.2, 0.25) is 0 Å². The number of aromatic nitrogens is 2. The summed E-state index contributed by atoms with van der Waals surface area (Å²) in [6, 6.07) is 13.5. The predicted octanol–water partition coefficient (Wildman–Crippen LogP) is 5.43. The molecule has 0 aliphatic rings. The van der Waals surface area contributed by atoms with E-state index in [1.807, 2.05) is 57.5 Å². The summed E-state index contributed by atoms with van der Waals surface area (Å²) in [6.07, 6.45) is 0. The SMILES string of the molecule is Cc1cccc(C)c1NS(=O)(=O)c1ccc(NC(=O)c2cc(C(C)C)n(C(C)(C)C)n2)cc1. The lowest BCUT2D eigenvalue weighted by Gasteiger charge is -2.23. The van der Waals surface area contributed by atoms with E-state index in [1.165, 1.54) is 12.1 Å². The number of benzene rings is 2. The molecular formula is C25H32N4O3S. The van der Waals surface area contributed by atoms with E-state index in [4.69, 9.17) is 0 Å². The van der Waals surface area contributed by atoms with Crippen molar-refractivity contribution in [3.8, 4) is 0 Å². The van der Waals surface area contributed by atoms with Gasteiger partial charge in [0, 0.05) is 11.4 Å². The number of carbonyl (C=O) groups excluding carboxylic acids is 1. The number of amides is 1. The fourth-order valence-electron chi connectivity index (χ4n) is 3.54. The zero-order chi connectivity index (χ0) is 24.6. The minimum absolute atomic E-state index is 0.113. The molecule has 0 spiro atoms. The maximum Gasteiger partial charge on any atom is 0.276 e. The molecule has 2 aromatic carbocycles. The van der Waals surface area contributed by atoms with Crippen molar-refractivity contribution in [1.29, 1.82) is 0 Å². The van der Waals surface area contributed by atoms with E-state index >= 15 is 0 Å². The minimum Gasteiger partial charge on any atom is -0.321 e. The summed E-state index contributed by atoms with van der Waals surface area (Å²) in [6.45, 7) is 14.0. The summed E-state index contributed by atoms with van der Waals surface area (Å²) >= 11 is 0. The maximum absolute atomic E-state index is 12.8. The minimum atomic E-state index is -3.76. The lowest BCUT2D eigenvalue weighted by molar-refractivity contribution is 0.102. The topological polar surface area (TPSA) is 93.1 Å². The first-order valence-electron chi connectivity index (χ1n) is 10.9. The van der Waals surface area contributed by atoms with Gasteiger partial charge in [-0.1, -0.05) is 32.0 Å². The van der Waals surface area contributed by atoms with Gasteiger partial charge in [0.25, 0.3) is 15.9 Å². The molecule has 0 bridgehead atoms. The molecule has 33 heavy (non-hydrogen) atoms. The van der Waals surface area contributed by atoms with Crippen LogP contribution in [0.1, 0.15) is 67.8 Å². The number of nitrogens with one attached hydrogen (secondary N) is 2. The molecule has 0 atom stereocenters. The highest BCUT2D eigenvalue weighted by atomic mass is 32.2. The van der Waals surface area contributed by atoms with Gasteiger partial charge >= 0.3 is 0 Å². The van der Waals surface area contributed by atoms with Gasteiger partial charge in [-0.3, -0.25) is 14.2 Å². The Balaban J connectivity index is 1.79. The molecule has 3 aromatic rings. The van der Waals surface area contributed by atoms with Gasteiger partial charge in [0.1, 0.15) is 0 Å². The Morgan fingerprint density at radius 3 is 2.06 bits per heavy atom. The molecule has 7 nitrogen and oxygen atoms in total. The van der Waals surface area contributed by atoms with E-state index in [2.05, 4.69) is 29.0 Å². The maximum atomic E-state index is 12.8. The second-order valence-electron chi connectivity index (χ2n) is 9.54. The zero-order valence-corrected chi connectivity index (χ0v) is 21.0. The first-order chi connectivity index (χ1) is 15.3. The van der Waals surface area contributed by atoms with Crippen LogP contribution in [0.5, 0.6) is 0 Å². The zero-order valence-electron chi connectivity index (χ0n) is 20.2. The van der Waals surface area contributed by atoms with Gasteiger partial charge in [-0.05, 0) is 82.0 Å². The largest absolute Gasteiger partial charge is 0.321 e. The van der Waals surface area contributed by atoms with Gasteiger partial charge in [-0.2, -0.15) is 5.10 Å². The van der Waals surface area contributed by atoms with E-state index in [9.17, 15) is 13.2 Å². The highest BCUT2D eigenvalue weighted by Gasteiger charge is 2.24. The lowest BCUT2D eigenvalue weighted by atomic mass is 10.1. The van der Waals surface area contributed by atoms with Crippen molar-refractivity contribution in [3.63, 3.8) is 0 Å². The summed E-state index contributed by atoms with van der Waals surface area (Å²) in [5.74, 6) is -0.128. The highest BCUT2D eigenvalue weighted by molar-refractivity contribution is 7.92. The molecule has 0 radical (unpaired) electrons. The quantitative estimate of drug-likeness (QED) is 0.504. The Hall–Kier alpha value is -3.13. The van der Waals surface area contributed by atoms with Crippen LogP contribution in [0.25, 0.3) is 0 Å². The first-order valence-corrected chi connectivity index (χ1v) is 12.4. The molecule has 0 aliphatic carbocycles. The van der Waals surface area contributed by atoms with E-state index in [0.29, 0.717) is 17.1 Å². The van der Waals surface area contributed by atoms with Crippen LogP contribution >= 0.6 is 0 Å². The first kappa shape index (κ1) is 24.5. The third-order valence-corrected chi connectivity index (χ3v) is 6.70. The molecule has 0 saturated carbocycles. The molecule has 0 unspecified atom stereocenters. The van der Waals surface area contributed by atoms with E-state index < -0.39 is 10.0 Å². The lowest BCUT2D eigenvalue weighted by Crippen LogP contribution is -2.26. The molecule has 0 saturated heterocycles. The van der Waals surface area contributed by atoms with Crippen molar-refractivity contribution in [1.82, 2.24) is 9.78 Å². The van der Waals surface area contributed by atoms with Crippen LogP contribution in [-0.4, -0.2) is 24.1 Å². The number of carbonyl (C=O) groups is 1. The second kappa shape index (κ2) is 9.02. The van der Waals surface area contributed by atoms with Gasteiger partial charge in [0.15, 0.2) is 5.69 Å². The van der Waals surface area contributed by atoms with Crippen molar-refractivity contribution in [2.75, 3.05) is 10.0 Å². The Morgan fingerprint density at radius 2 is 1.58 bits per heavy atom. The molecule has 1 aromatic heterocycles. The molecular weight excluding hydrogens is 436 g/mol. The standard InChI is InChI=1S/C25H32N4O3S/c1-16(2)22-15-21(27-29(22)25(5,6)7)24(30)26-19-11-13-20(14-12-19)33(31,32)28-23-17(3)9-8-10-18(23)4/h8-16,28H,1-7H3,(H,26,30). The fraction of sp³-hybridized carbons (Fsp3) is 0.360. The third kappa shape index (κ3) is 5.45. The van der Waals surface area contributed by atoms with Crippen LogP contribution in [-0.2, 0) is 15.6 Å².